The summed E-state index contributed by atoms with van der Waals surface area (Å²) in [5, 5.41) is 13.8. The van der Waals surface area contributed by atoms with Crippen LogP contribution in [0.3, 0.4) is 0 Å². The lowest BCUT2D eigenvalue weighted by Gasteiger charge is -2.26. The molecule has 0 heterocycles. The standard InChI is InChI=1S/C13H26N2O4/c1-6-9(2)10(11(17)14-7-8-16)15-12(18)19-13(3,4)5/h9-10,16H,6-8H2,1-5H3,(H,14,17)(H,15,18). The number of aliphatic hydroxyl groups is 1. The molecule has 112 valence electrons. The zero-order chi connectivity index (χ0) is 15.1. The molecular weight excluding hydrogens is 248 g/mol. The van der Waals surface area contributed by atoms with Crippen molar-refractivity contribution in [2.75, 3.05) is 13.2 Å². The Morgan fingerprint density at radius 1 is 1.32 bits per heavy atom. The summed E-state index contributed by atoms with van der Waals surface area (Å²) in [4.78, 5) is 23.6. The zero-order valence-electron chi connectivity index (χ0n) is 12.4. The highest BCUT2D eigenvalue weighted by Gasteiger charge is 2.27. The minimum atomic E-state index is -0.661. The number of nitrogens with one attached hydrogen (secondary N) is 2. The number of carbonyl (C=O) groups is 2. The molecule has 0 bridgehead atoms. The van der Waals surface area contributed by atoms with Gasteiger partial charge in [0.2, 0.25) is 5.91 Å². The van der Waals surface area contributed by atoms with Gasteiger partial charge in [-0.1, -0.05) is 20.3 Å². The molecule has 2 atom stereocenters. The predicted octanol–water partition coefficient (Wildman–Crippen LogP) is 1.03. The number of amides is 2. The Morgan fingerprint density at radius 2 is 1.89 bits per heavy atom. The number of alkyl carbamates (subject to hydrolysis) is 1. The van der Waals surface area contributed by atoms with Gasteiger partial charge in [-0.2, -0.15) is 0 Å². The third-order valence-corrected chi connectivity index (χ3v) is 2.58. The summed E-state index contributed by atoms with van der Waals surface area (Å²) in [6.07, 6.45) is 0.129. The molecule has 6 heteroatoms. The Bertz CT molecular complexity index is 300. The molecule has 2 unspecified atom stereocenters. The molecule has 0 aromatic heterocycles. The highest BCUT2D eigenvalue weighted by atomic mass is 16.6. The monoisotopic (exact) mass is 274 g/mol. The first-order valence-corrected chi connectivity index (χ1v) is 6.59. The van der Waals surface area contributed by atoms with Gasteiger partial charge in [-0.05, 0) is 26.7 Å². The lowest BCUT2D eigenvalue weighted by atomic mass is 9.98. The van der Waals surface area contributed by atoms with E-state index in [2.05, 4.69) is 10.6 Å². The fraction of sp³-hybridized carbons (Fsp3) is 0.846. The SMILES string of the molecule is CCC(C)C(NC(=O)OC(C)(C)C)C(=O)NCCO. The summed E-state index contributed by atoms with van der Waals surface area (Å²) >= 11 is 0. The van der Waals surface area contributed by atoms with Gasteiger partial charge in [0.15, 0.2) is 0 Å². The third-order valence-electron chi connectivity index (χ3n) is 2.58. The summed E-state index contributed by atoms with van der Waals surface area (Å²) in [6.45, 7) is 9.13. The maximum Gasteiger partial charge on any atom is 0.408 e. The quantitative estimate of drug-likeness (QED) is 0.675. The molecule has 0 rings (SSSR count). The Kier molecular flexibility index (Phi) is 7.44. The highest BCUT2D eigenvalue weighted by Crippen LogP contribution is 2.11. The largest absolute Gasteiger partial charge is 0.444 e. The molecule has 0 aliphatic carbocycles. The van der Waals surface area contributed by atoms with Crippen LogP contribution in [0.1, 0.15) is 41.0 Å². The van der Waals surface area contributed by atoms with Crippen LogP contribution < -0.4 is 10.6 Å². The maximum atomic E-state index is 11.9. The number of carbonyl (C=O) groups excluding carboxylic acids is 2. The van der Waals surface area contributed by atoms with Gasteiger partial charge in [0, 0.05) is 6.54 Å². The second-order valence-corrected chi connectivity index (χ2v) is 5.52. The number of hydrogen-bond donors (Lipinski definition) is 3. The van der Waals surface area contributed by atoms with Crippen LogP contribution in [-0.4, -0.2) is 41.9 Å². The first kappa shape index (κ1) is 17.7. The van der Waals surface area contributed by atoms with E-state index in [4.69, 9.17) is 9.84 Å². The van der Waals surface area contributed by atoms with Crippen LogP contribution in [0.2, 0.25) is 0 Å². The summed E-state index contributed by atoms with van der Waals surface area (Å²) in [5.41, 5.74) is -0.605. The molecule has 0 spiro atoms. The first-order valence-electron chi connectivity index (χ1n) is 6.59. The van der Waals surface area contributed by atoms with Gasteiger partial charge in [-0.25, -0.2) is 4.79 Å². The van der Waals surface area contributed by atoms with E-state index in [-0.39, 0.29) is 25.0 Å². The van der Waals surface area contributed by atoms with E-state index in [1.807, 2.05) is 13.8 Å². The van der Waals surface area contributed by atoms with Crippen molar-refractivity contribution in [3.63, 3.8) is 0 Å². The van der Waals surface area contributed by atoms with Crippen molar-refractivity contribution < 1.29 is 19.4 Å². The van der Waals surface area contributed by atoms with Crippen molar-refractivity contribution in [2.45, 2.75) is 52.7 Å². The Morgan fingerprint density at radius 3 is 2.32 bits per heavy atom. The van der Waals surface area contributed by atoms with Gasteiger partial charge in [-0.3, -0.25) is 4.79 Å². The van der Waals surface area contributed by atoms with Crippen molar-refractivity contribution in [3.05, 3.63) is 0 Å². The van der Waals surface area contributed by atoms with Gasteiger partial charge in [0.1, 0.15) is 11.6 Å². The van der Waals surface area contributed by atoms with Crippen molar-refractivity contribution in [2.24, 2.45) is 5.92 Å². The molecule has 6 nitrogen and oxygen atoms in total. The van der Waals surface area contributed by atoms with E-state index >= 15 is 0 Å². The second-order valence-electron chi connectivity index (χ2n) is 5.52. The number of hydrogen-bond acceptors (Lipinski definition) is 4. The molecule has 0 saturated carbocycles. The molecule has 0 fully saturated rings. The van der Waals surface area contributed by atoms with Gasteiger partial charge in [0.05, 0.1) is 6.61 Å². The number of aliphatic hydroxyl groups excluding tert-OH is 1. The average molecular weight is 274 g/mol. The first-order chi connectivity index (χ1) is 8.71. The molecular formula is C13H26N2O4. The molecule has 19 heavy (non-hydrogen) atoms. The van der Waals surface area contributed by atoms with Crippen molar-refractivity contribution in [3.8, 4) is 0 Å². The molecule has 0 aromatic rings. The molecule has 0 aliphatic rings. The Balaban J connectivity index is 4.60. The third kappa shape index (κ3) is 7.66. The maximum absolute atomic E-state index is 11.9. The fourth-order valence-corrected chi connectivity index (χ4v) is 1.43. The zero-order valence-corrected chi connectivity index (χ0v) is 12.4. The molecule has 0 saturated heterocycles. The van der Waals surface area contributed by atoms with E-state index in [1.54, 1.807) is 20.8 Å². The van der Waals surface area contributed by atoms with Gasteiger partial charge < -0.3 is 20.5 Å². The van der Waals surface area contributed by atoms with Crippen LogP contribution in [-0.2, 0) is 9.53 Å². The van der Waals surface area contributed by atoms with Crippen LogP contribution in [0, 0.1) is 5.92 Å². The van der Waals surface area contributed by atoms with Crippen molar-refractivity contribution in [1.82, 2.24) is 10.6 Å². The minimum Gasteiger partial charge on any atom is -0.444 e. The predicted molar refractivity (Wildman–Crippen MR) is 72.7 cm³/mol. The smallest absolute Gasteiger partial charge is 0.408 e. The molecule has 2 amide bonds. The van der Waals surface area contributed by atoms with E-state index in [0.29, 0.717) is 0 Å². The van der Waals surface area contributed by atoms with Gasteiger partial charge in [0.25, 0.3) is 0 Å². The van der Waals surface area contributed by atoms with Gasteiger partial charge in [-0.15, -0.1) is 0 Å². The van der Waals surface area contributed by atoms with Crippen LogP contribution in [0.15, 0.2) is 0 Å². The fourth-order valence-electron chi connectivity index (χ4n) is 1.43. The number of ether oxygens (including phenoxy) is 1. The average Bonchev–Trinajstić information content (AvgIpc) is 2.29. The van der Waals surface area contributed by atoms with Crippen molar-refractivity contribution >= 4 is 12.0 Å². The van der Waals surface area contributed by atoms with E-state index in [1.165, 1.54) is 0 Å². The van der Waals surface area contributed by atoms with Crippen molar-refractivity contribution in [1.29, 1.82) is 0 Å². The summed E-state index contributed by atoms with van der Waals surface area (Å²) in [6, 6.07) is -0.661. The molecule has 0 aromatic carbocycles. The Hall–Kier alpha value is -1.30. The molecule has 3 N–H and O–H groups in total. The topological polar surface area (TPSA) is 87.7 Å². The normalized spacial score (nSPS) is 14.4. The highest BCUT2D eigenvalue weighted by molar-refractivity contribution is 5.85. The lowest BCUT2D eigenvalue weighted by molar-refractivity contribution is -0.124. The van der Waals surface area contributed by atoms with E-state index in [9.17, 15) is 9.59 Å². The van der Waals surface area contributed by atoms with E-state index < -0.39 is 17.7 Å². The summed E-state index contributed by atoms with van der Waals surface area (Å²) < 4.78 is 5.14. The van der Waals surface area contributed by atoms with Crippen LogP contribution in [0.4, 0.5) is 4.79 Å². The van der Waals surface area contributed by atoms with E-state index in [0.717, 1.165) is 6.42 Å². The summed E-state index contributed by atoms with van der Waals surface area (Å²) in [7, 11) is 0. The Labute approximate surface area is 114 Å². The van der Waals surface area contributed by atoms with Crippen LogP contribution in [0.5, 0.6) is 0 Å². The van der Waals surface area contributed by atoms with Gasteiger partial charge >= 0.3 is 6.09 Å². The van der Waals surface area contributed by atoms with Crippen LogP contribution in [0.25, 0.3) is 0 Å². The lowest BCUT2D eigenvalue weighted by Crippen LogP contribution is -2.51. The summed E-state index contributed by atoms with van der Waals surface area (Å²) in [5.74, 6) is -0.333. The van der Waals surface area contributed by atoms with Crippen LogP contribution >= 0.6 is 0 Å². The molecule has 0 aliphatic heterocycles. The number of rotatable bonds is 6. The molecule has 0 radical (unpaired) electrons. The minimum absolute atomic E-state index is 0.0220. The second kappa shape index (κ2) is 7.99.